The highest BCUT2D eigenvalue weighted by molar-refractivity contribution is 8.00. The molecule has 1 aliphatic rings. The van der Waals surface area contributed by atoms with E-state index in [2.05, 4.69) is 11.1 Å². The minimum Gasteiger partial charge on any atom is -0.454 e. The lowest BCUT2D eigenvalue weighted by Gasteiger charge is -2.15. The van der Waals surface area contributed by atoms with E-state index in [1.54, 1.807) is 60.7 Å². The van der Waals surface area contributed by atoms with Crippen LogP contribution in [0.2, 0.25) is 5.02 Å². The van der Waals surface area contributed by atoms with Crippen molar-refractivity contribution in [2.45, 2.75) is 16.7 Å². The fourth-order valence-electron chi connectivity index (χ4n) is 4.20. The first kappa shape index (κ1) is 27.8. The van der Waals surface area contributed by atoms with Crippen molar-refractivity contribution in [3.8, 4) is 17.3 Å². The van der Waals surface area contributed by atoms with E-state index in [1.807, 2.05) is 6.07 Å². The van der Waals surface area contributed by atoms with Crippen molar-refractivity contribution >= 4 is 52.6 Å². The molecule has 1 fully saturated rings. The standard InChI is InChI=1S/C31H20ClN3O5S/c32-24-9-5-4-8-23(24)25-15-12-21(17-33)29(34-25)41-27-16-28(37)35(30(27)38)22-13-10-20(11-14-22)31(39)40-18-26(36)19-6-2-1-3-7-19/h1-15,27H,16,18H2. The van der Waals surface area contributed by atoms with Crippen molar-refractivity contribution in [1.29, 1.82) is 5.26 Å². The molecule has 0 spiro atoms. The van der Waals surface area contributed by atoms with Crippen LogP contribution in [0, 0.1) is 11.3 Å². The number of rotatable bonds is 8. The van der Waals surface area contributed by atoms with E-state index in [4.69, 9.17) is 16.3 Å². The van der Waals surface area contributed by atoms with Gasteiger partial charge in [-0.1, -0.05) is 71.9 Å². The molecule has 1 aliphatic heterocycles. The first-order valence-corrected chi connectivity index (χ1v) is 13.7. The van der Waals surface area contributed by atoms with Crippen LogP contribution in [0.1, 0.15) is 32.7 Å². The van der Waals surface area contributed by atoms with Gasteiger partial charge in [0.2, 0.25) is 11.8 Å². The number of carbonyl (C=O) groups is 4. The molecule has 0 bridgehead atoms. The van der Waals surface area contributed by atoms with Gasteiger partial charge >= 0.3 is 5.97 Å². The minimum atomic E-state index is -0.794. The summed E-state index contributed by atoms with van der Waals surface area (Å²) in [6.45, 7) is -0.414. The van der Waals surface area contributed by atoms with Gasteiger partial charge in [-0.25, -0.2) is 14.7 Å². The normalized spacial score (nSPS) is 14.5. The molecule has 41 heavy (non-hydrogen) atoms. The Morgan fingerprint density at radius 2 is 1.66 bits per heavy atom. The van der Waals surface area contributed by atoms with Crippen molar-refractivity contribution < 1.29 is 23.9 Å². The van der Waals surface area contributed by atoms with Crippen LogP contribution in [0.5, 0.6) is 0 Å². The topological polar surface area (TPSA) is 117 Å². The molecular weight excluding hydrogens is 562 g/mol. The van der Waals surface area contributed by atoms with E-state index in [0.29, 0.717) is 32.6 Å². The van der Waals surface area contributed by atoms with Crippen LogP contribution in [-0.4, -0.2) is 40.4 Å². The monoisotopic (exact) mass is 581 g/mol. The summed E-state index contributed by atoms with van der Waals surface area (Å²) in [5.74, 6) is -1.92. The van der Waals surface area contributed by atoms with Crippen LogP contribution < -0.4 is 4.90 Å². The number of benzene rings is 3. The Hall–Kier alpha value is -4.78. The molecule has 0 radical (unpaired) electrons. The van der Waals surface area contributed by atoms with Crippen LogP contribution in [0.3, 0.4) is 0 Å². The van der Waals surface area contributed by atoms with E-state index in [9.17, 15) is 24.4 Å². The number of aromatic nitrogens is 1. The molecule has 1 atom stereocenters. The summed E-state index contributed by atoms with van der Waals surface area (Å²) in [6.07, 6.45) is -0.0856. The van der Waals surface area contributed by atoms with Gasteiger partial charge in [-0.15, -0.1) is 0 Å². The Balaban J connectivity index is 1.27. The number of amides is 2. The zero-order valence-corrected chi connectivity index (χ0v) is 22.9. The quantitative estimate of drug-likeness (QED) is 0.147. The fourth-order valence-corrected chi connectivity index (χ4v) is 5.53. The lowest BCUT2D eigenvalue weighted by molar-refractivity contribution is -0.121. The molecule has 0 saturated carbocycles. The molecule has 3 aromatic carbocycles. The van der Waals surface area contributed by atoms with Gasteiger partial charge in [0.05, 0.1) is 27.8 Å². The van der Waals surface area contributed by atoms with Crippen molar-refractivity contribution in [1.82, 2.24) is 4.98 Å². The number of pyridine rings is 1. The van der Waals surface area contributed by atoms with Crippen molar-refractivity contribution in [3.05, 3.63) is 113 Å². The number of hydrogen-bond acceptors (Lipinski definition) is 8. The number of anilines is 1. The van der Waals surface area contributed by atoms with Crippen LogP contribution in [0.4, 0.5) is 5.69 Å². The number of nitriles is 1. The van der Waals surface area contributed by atoms with E-state index in [1.165, 1.54) is 24.3 Å². The third kappa shape index (κ3) is 6.04. The summed E-state index contributed by atoms with van der Waals surface area (Å²) in [5, 5.41) is 9.63. The summed E-state index contributed by atoms with van der Waals surface area (Å²) in [6, 6.07) is 26.8. The number of thioether (sulfide) groups is 1. The molecule has 1 unspecified atom stereocenters. The third-order valence-corrected chi connectivity index (χ3v) is 7.80. The van der Waals surface area contributed by atoms with Crippen molar-refractivity contribution in [2.24, 2.45) is 0 Å². The smallest absolute Gasteiger partial charge is 0.338 e. The highest BCUT2D eigenvalue weighted by atomic mass is 35.5. The molecule has 0 aliphatic carbocycles. The van der Waals surface area contributed by atoms with E-state index >= 15 is 0 Å². The molecular formula is C31H20ClN3O5S. The molecule has 1 saturated heterocycles. The Bertz CT molecular complexity index is 1700. The number of imide groups is 1. The molecule has 1 aromatic heterocycles. The molecule has 5 rings (SSSR count). The van der Waals surface area contributed by atoms with Gasteiger partial charge in [0.25, 0.3) is 0 Å². The number of ketones is 1. The average Bonchev–Trinajstić information content (AvgIpc) is 3.28. The van der Waals surface area contributed by atoms with Gasteiger partial charge in [0, 0.05) is 22.6 Å². The maximum absolute atomic E-state index is 13.3. The summed E-state index contributed by atoms with van der Waals surface area (Å²) in [5.41, 5.74) is 2.38. The van der Waals surface area contributed by atoms with Gasteiger partial charge < -0.3 is 4.74 Å². The number of Topliss-reactive ketones (excluding diaryl/α,β-unsaturated/α-hetero) is 1. The molecule has 8 nitrogen and oxygen atoms in total. The van der Waals surface area contributed by atoms with Crippen LogP contribution in [0.25, 0.3) is 11.3 Å². The summed E-state index contributed by atoms with van der Waals surface area (Å²) in [7, 11) is 0. The zero-order valence-electron chi connectivity index (χ0n) is 21.3. The summed E-state index contributed by atoms with van der Waals surface area (Å²) < 4.78 is 5.13. The second-order valence-corrected chi connectivity index (χ2v) is 10.5. The fraction of sp³-hybridized carbons (Fsp3) is 0.0968. The summed E-state index contributed by atoms with van der Waals surface area (Å²) in [4.78, 5) is 56.4. The number of nitrogens with zero attached hydrogens (tertiary/aromatic N) is 3. The van der Waals surface area contributed by atoms with Gasteiger partial charge in [-0.2, -0.15) is 5.26 Å². The molecule has 2 heterocycles. The maximum atomic E-state index is 13.3. The largest absolute Gasteiger partial charge is 0.454 e. The third-order valence-electron chi connectivity index (χ3n) is 6.28. The molecule has 10 heteroatoms. The second kappa shape index (κ2) is 12.2. The number of carbonyl (C=O) groups excluding carboxylic acids is 4. The average molecular weight is 582 g/mol. The predicted molar refractivity (Wildman–Crippen MR) is 154 cm³/mol. The highest BCUT2D eigenvalue weighted by Gasteiger charge is 2.41. The first-order chi connectivity index (χ1) is 19.9. The van der Waals surface area contributed by atoms with Gasteiger partial charge in [0.1, 0.15) is 11.1 Å². The Morgan fingerprint density at radius 3 is 2.37 bits per heavy atom. The second-order valence-electron chi connectivity index (χ2n) is 8.93. The van der Waals surface area contributed by atoms with E-state index in [-0.39, 0.29) is 23.3 Å². The highest BCUT2D eigenvalue weighted by Crippen LogP contribution is 2.36. The van der Waals surface area contributed by atoms with Gasteiger partial charge in [-0.3, -0.25) is 14.4 Å². The number of ether oxygens (including phenoxy) is 1. The predicted octanol–water partition coefficient (Wildman–Crippen LogP) is 5.74. The lowest BCUT2D eigenvalue weighted by Crippen LogP contribution is -2.31. The van der Waals surface area contributed by atoms with Crippen LogP contribution in [-0.2, 0) is 14.3 Å². The molecule has 4 aromatic rings. The summed E-state index contributed by atoms with van der Waals surface area (Å²) >= 11 is 7.36. The number of esters is 1. The lowest BCUT2D eigenvalue weighted by atomic mass is 10.1. The first-order valence-electron chi connectivity index (χ1n) is 12.4. The van der Waals surface area contributed by atoms with Crippen molar-refractivity contribution in [3.63, 3.8) is 0 Å². The van der Waals surface area contributed by atoms with E-state index < -0.39 is 29.6 Å². The Morgan fingerprint density at radius 1 is 0.951 bits per heavy atom. The number of halogens is 1. The van der Waals surface area contributed by atoms with Crippen LogP contribution in [0.15, 0.2) is 96.0 Å². The van der Waals surface area contributed by atoms with E-state index in [0.717, 1.165) is 16.7 Å². The molecule has 0 N–H and O–H groups in total. The zero-order chi connectivity index (χ0) is 28.9. The van der Waals surface area contributed by atoms with Gasteiger partial charge in [0.15, 0.2) is 12.4 Å². The van der Waals surface area contributed by atoms with Gasteiger partial charge in [-0.05, 0) is 42.5 Å². The minimum absolute atomic E-state index is 0.0856. The maximum Gasteiger partial charge on any atom is 0.338 e. The van der Waals surface area contributed by atoms with Crippen molar-refractivity contribution in [2.75, 3.05) is 11.5 Å². The Kier molecular flexibility index (Phi) is 8.24. The Labute approximate surface area is 244 Å². The SMILES string of the molecule is N#Cc1ccc(-c2ccccc2Cl)nc1SC1CC(=O)N(c2ccc(C(=O)OCC(=O)c3ccccc3)cc2)C1=O. The number of hydrogen-bond donors (Lipinski definition) is 0. The molecule has 2 amide bonds. The van der Waals surface area contributed by atoms with Crippen LogP contribution >= 0.6 is 23.4 Å². The molecule has 202 valence electrons.